The van der Waals surface area contributed by atoms with Crippen LogP contribution in [0.25, 0.3) is 11.2 Å². The molecule has 2 rings (SSSR count). The van der Waals surface area contributed by atoms with Crippen LogP contribution >= 0.6 is 0 Å². The Balaban J connectivity index is 2.95. The second-order valence-electron chi connectivity index (χ2n) is 1.60. The number of hydrogen-bond donors (Lipinski definition) is 1. The van der Waals surface area contributed by atoms with E-state index in [-0.39, 0.29) is 0 Å². The van der Waals surface area contributed by atoms with Crippen LogP contribution in [0.3, 0.4) is 0 Å². The molecule has 5 nitrogen and oxygen atoms in total. The largest absolute Gasteiger partial charge is 0.315 e. The monoisotopic (exact) mass is 122 g/mol. The van der Waals surface area contributed by atoms with Gasteiger partial charge >= 0.3 is 5.65 Å². The van der Waals surface area contributed by atoms with Crippen molar-refractivity contribution in [3.63, 3.8) is 0 Å². The second-order valence-corrected chi connectivity index (χ2v) is 1.60. The molecule has 0 unspecified atom stereocenters. The van der Waals surface area contributed by atoms with Crippen LogP contribution in [-0.2, 0) is 0 Å². The SMILES string of the molecule is c1nc2n[nH]nc2c[nH+]1. The number of rotatable bonds is 0. The first-order chi connectivity index (χ1) is 4.47. The lowest BCUT2D eigenvalue weighted by Gasteiger charge is -1.69. The first kappa shape index (κ1) is 4.37. The highest BCUT2D eigenvalue weighted by Gasteiger charge is 2.01. The molecule has 0 bridgehead atoms. The molecule has 0 amide bonds. The smallest absolute Gasteiger partial charge is 0.248 e. The van der Waals surface area contributed by atoms with Gasteiger partial charge in [0.25, 0.3) is 6.33 Å². The molecule has 2 aromatic heterocycles. The molecule has 2 heterocycles. The molecule has 9 heavy (non-hydrogen) atoms. The fourth-order valence-electron chi connectivity index (χ4n) is 0.640. The molecule has 44 valence electrons. The Morgan fingerprint density at radius 3 is 3.33 bits per heavy atom. The van der Waals surface area contributed by atoms with Gasteiger partial charge in [0.2, 0.25) is 0 Å². The molecule has 0 aliphatic carbocycles. The van der Waals surface area contributed by atoms with Gasteiger partial charge in [0, 0.05) is 0 Å². The van der Waals surface area contributed by atoms with Crippen molar-refractivity contribution in [3.8, 4) is 0 Å². The Hall–Kier alpha value is -1.52. The molecular weight excluding hydrogens is 118 g/mol. The fourth-order valence-corrected chi connectivity index (χ4v) is 0.640. The molecule has 0 atom stereocenters. The van der Waals surface area contributed by atoms with Gasteiger partial charge in [-0.05, 0) is 4.98 Å². The zero-order valence-electron chi connectivity index (χ0n) is 4.50. The van der Waals surface area contributed by atoms with Crippen molar-refractivity contribution < 1.29 is 4.98 Å². The maximum absolute atomic E-state index is 3.88. The van der Waals surface area contributed by atoms with Gasteiger partial charge < -0.3 is 0 Å². The predicted octanol–water partition coefficient (Wildman–Crippen LogP) is -0.833. The summed E-state index contributed by atoms with van der Waals surface area (Å²) in [6.45, 7) is 0. The van der Waals surface area contributed by atoms with E-state index in [0.717, 1.165) is 5.52 Å². The highest BCUT2D eigenvalue weighted by Crippen LogP contribution is 1.94. The van der Waals surface area contributed by atoms with Crippen LogP contribution in [-0.4, -0.2) is 20.4 Å². The number of H-pyrrole nitrogens is 2. The number of nitrogens with one attached hydrogen (secondary N) is 2. The second kappa shape index (κ2) is 1.48. The zero-order chi connectivity index (χ0) is 6.10. The van der Waals surface area contributed by atoms with E-state index < -0.39 is 0 Å². The lowest BCUT2D eigenvalue weighted by atomic mass is 10.6. The molecule has 0 aromatic carbocycles. The number of aromatic nitrogens is 5. The van der Waals surface area contributed by atoms with Crippen LogP contribution in [0.2, 0.25) is 0 Å². The molecule has 0 saturated carbocycles. The molecule has 0 spiro atoms. The van der Waals surface area contributed by atoms with Gasteiger partial charge in [-0.25, -0.2) is 4.98 Å². The van der Waals surface area contributed by atoms with Crippen LogP contribution in [0.15, 0.2) is 12.5 Å². The van der Waals surface area contributed by atoms with E-state index in [0.29, 0.717) is 5.65 Å². The van der Waals surface area contributed by atoms with Gasteiger partial charge in [0.15, 0.2) is 5.52 Å². The van der Waals surface area contributed by atoms with Crippen LogP contribution in [0, 0.1) is 0 Å². The van der Waals surface area contributed by atoms with E-state index in [4.69, 9.17) is 0 Å². The molecule has 5 heteroatoms. The molecular formula is C4H4N5+. The zero-order valence-corrected chi connectivity index (χ0v) is 4.50. The first-order valence-corrected chi connectivity index (χ1v) is 2.49. The summed E-state index contributed by atoms with van der Waals surface area (Å²) in [5, 5.41) is 10.00. The van der Waals surface area contributed by atoms with Crippen molar-refractivity contribution in [2.75, 3.05) is 0 Å². The van der Waals surface area contributed by atoms with E-state index >= 15 is 0 Å². The summed E-state index contributed by atoms with van der Waals surface area (Å²) in [5.41, 5.74) is 1.38. The third kappa shape index (κ3) is 0.543. The van der Waals surface area contributed by atoms with Gasteiger partial charge in [-0.1, -0.05) is 0 Å². The third-order valence-corrected chi connectivity index (χ3v) is 1.04. The standard InChI is InChI=1S/C4H3N5/c1-3-4(6-2-5-1)8-9-7-3/h1-2H,(H,5,6,7,8,9)/p+1. The fraction of sp³-hybridized carbons (Fsp3) is 0. The molecule has 0 aliphatic rings. The summed E-state index contributed by atoms with van der Waals surface area (Å²) < 4.78 is 0. The van der Waals surface area contributed by atoms with E-state index in [1.54, 1.807) is 12.5 Å². The minimum atomic E-state index is 0.633. The van der Waals surface area contributed by atoms with E-state index in [2.05, 4.69) is 25.4 Å². The Bertz CT molecular complexity index is 283. The topological polar surface area (TPSA) is 68.6 Å². The Morgan fingerprint density at radius 2 is 2.44 bits per heavy atom. The summed E-state index contributed by atoms with van der Waals surface area (Å²) >= 11 is 0. The Kier molecular flexibility index (Phi) is 0.717. The van der Waals surface area contributed by atoms with Gasteiger partial charge in [0.1, 0.15) is 6.20 Å². The summed E-state index contributed by atoms with van der Waals surface area (Å²) in [7, 11) is 0. The summed E-state index contributed by atoms with van der Waals surface area (Å²) in [6, 6.07) is 0. The van der Waals surface area contributed by atoms with Crippen LogP contribution in [0.1, 0.15) is 0 Å². The number of nitrogens with zero attached hydrogens (tertiary/aromatic N) is 3. The van der Waals surface area contributed by atoms with Crippen molar-refractivity contribution in [2.45, 2.75) is 0 Å². The van der Waals surface area contributed by atoms with Crippen molar-refractivity contribution in [1.82, 2.24) is 20.4 Å². The van der Waals surface area contributed by atoms with Crippen molar-refractivity contribution >= 4 is 11.2 Å². The summed E-state index contributed by atoms with van der Waals surface area (Å²) in [4.78, 5) is 6.67. The Morgan fingerprint density at radius 1 is 1.44 bits per heavy atom. The quantitative estimate of drug-likeness (QED) is 0.495. The lowest BCUT2D eigenvalue weighted by molar-refractivity contribution is -0.380. The molecule has 2 aromatic rings. The Labute approximate surface area is 50.1 Å². The van der Waals surface area contributed by atoms with Gasteiger partial charge in [-0.3, -0.25) is 0 Å². The summed E-state index contributed by atoms with van der Waals surface area (Å²) in [6.07, 6.45) is 3.29. The maximum atomic E-state index is 3.88. The molecule has 0 radical (unpaired) electrons. The van der Waals surface area contributed by atoms with Crippen molar-refractivity contribution in [3.05, 3.63) is 12.5 Å². The van der Waals surface area contributed by atoms with Crippen LogP contribution < -0.4 is 4.98 Å². The maximum Gasteiger partial charge on any atom is 0.315 e. The highest BCUT2D eigenvalue weighted by atomic mass is 15.3. The van der Waals surface area contributed by atoms with Crippen molar-refractivity contribution in [1.29, 1.82) is 0 Å². The van der Waals surface area contributed by atoms with Crippen molar-refractivity contribution in [2.24, 2.45) is 0 Å². The van der Waals surface area contributed by atoms with Gasteiger partial charge in [-0.15, -0.1) is 10.2 Å². The third-order valence-electron chi connectivity index (χ3n) is 1.04. The molecule has 2 N–H and O–H groups in total. The van der Waals surface area contributed by atoms with Gasteiger partial charge in [-0.2, -0.15) is 5.21 Å². The van der Waals surface area contributed by atoms with E-state index in [1.807, 2.05) is 0 Å². The average Bonchev–Trinajstić information content (AvgIpc) is 2.33. The van der Waals surface area contributed by atoms with Gasteiger partial charge in [0.05, 0.1) is 0 Å². The van der Waals surface area contributed by atoms with E-state index in [1.165, 1.54) is 0 Å². The number of fused-ring (bicyclic) bond motifs is 1. The molecule has 0 fully saturated rings. The minimum Gasteiger partial charge on any atom is -0.248 e. The molecule has 0 aliphatic heterocycles. The van der Waals surface area contributed by atoms with Crippen LogP contribution in [0.5, 0.6) is 0 Å². The summed E-state index contributed by atoms with van der Waals surface area (Å²) in [5.74, 6) is 0. The highest BCUT2D eigenvalue weighted by molar-refractivity contribution is 5.65. The normalized spacial score (nSPS) is 10.2. The van der Waals surface area contributed by atoms with Crippen LogP contribution in [0.4, 0.5) is 0 Å². The first-order valence-electron chi connectivity index (χ1n) is 2.49. The number of hydrogen-bond acceptors (Lipinski definition) is 3. The number of aromatic amines is 2. The molecule has 0 saturated heterocycles. The predicted molar refractivity (Wildman–Crippen MR) is 28.2 cm³/mol. The minimum absolute atomic E-state index is 0.633. The van der Waals surface area contributed by atoms with E-state index in [9.17, 15) is 0 Å². The lowest BCUT2D eigenvalue weighted by Crippen LogP contribution is -1.99. The average molecular weight is 122 g/mol.